The van der Waals surface area contributed by atoms with Gasteiger partial charge in [-0.15, -0.1) is 0 Å². The number of rotatable bonds is 14. The van der Waals surface area contributed by atoms with E-state index < -0.39 is 43.1 Å². The molecule has 0 saturated heterocycles. The molecule has 2 aromatic rings. The van der Waals surface area contributed by atoms with Gasteiger partial charge < -0.3 is 25.5 Å². The number of aliphatic carboxylic acids is 2. The third-order valence-electron chi connectivity index (χ3n) is 4.94. The summed E-state index contributed by atoms with van der Waals surface area (Å²) in [7, 11) is 0. The molecule has 0 aliphatic heterocycles. The summed E-state index contributed by atoms with van der Waals surface area (Å²) in [4.78, 5) is 48.3. The van der Waals surface area contributed by atoms with Crippen molar-refractivity contribution in [3.63, 3.8) is 0 Å². The molecule has 34 heavy (non-hydrogen) atoms. The van der Waals surface area contributed by atoms with E-state index in [1.165, 1.54) is 21.9 Å². The van der Waals surface area contributed by atoms with Crippen LogP contribution in [0, 0.1) is 0 Å². The van der Waals surface area contributed by atoms with Gasteiger partial charge in [-0.25, -0.2) is 9.59 Å². The van der Waals surface area contributed by atoms with Crippen LogP contribution in [0.15, 0.2) is 48.5 Å². The summed E-state index contributed by atoms with van der Waals surface area (Å²) in [6, 6.07) is 12.2. The maximum atomic E-state index is 11.5. The van der Waals surface area contributed by atoms with Crippen LogP contribution in [0.4, 0.5) is 0 Å². The first-order valence-corrected chi connectivity index (χ1v) is 10.3. The van der Waals surface area contributed by atoms with Gasteiger partial charge in [0.25, 0.3) is 0 Å². The molecular formula is C23H26N2O9. The number of carbonyl (C=O) groups is 4. The van der Waals surface area contributed by atoms with Gasteiger partial charge in [0.1, 0.15) is 0 Å². The summed E-state index contributed by atoms with van der Waals surface area (Å²) in [6.07, 6.45) is -1.20. The number of carboxylic acid groups (broad SMARTS) is 4. The Bertz CT molecular complexity index is 959. The number of hydrogen-bond donors (Lipinski definition) is 5. The molecule has 0 aliphatic rings. The Morgan fingerprint density at radius 1 is 0.647 bits per heavy atom. The Balaban J connectivity index is 2.17. The van der Waals surface area contributed by atoms with E-state index in [1.54, 1.807) is 36.4 Å². The standard InChI is InChI=1S/C23H26N2O9/c26-17(11-24(13-20(27)28)9-15-5-1-3-7-18(15)22(31)32)12-25(14-21(29)30)10-16-6-2-4-8-19(16)23(33)34/h1-8,17,26H,9-14H2,(H,27,28)(H,29,30)(H,31,32)(H,33,34). The quantitative estimate of drug-likeness (QED) is 0.263. The molecule has 0 aromatic heterocycles. The summed E-state index contributed by atoms with van der Waals surface area (Å²) in [6.45, 7) is -1.45. The van der Waals surface area contributed by atoms with Crippen LogP contribution in [0.25, 0.3) is 0 Å². The topological polar surface area (TPSA) is 176 Å². The van der Waals surface area contributed by atoms with Gasteiger partial charge in [0.15, 0.2) is 0 Å². The van der Waals surface area contributed by atoms with Gasteiger partial charge in [0.05, 0.1) is 30.3 Å². The number of aromatic carboxylic acids is 2. The zero-order chi connectivity index (χ0) is 25.3. The van der Waals surface area contributed by atoms with Crippen molar-refractivity contribution in [1.82, 2.24) is 9.80 Å². The molecule has 2 aromatic carbocycles. The minimum Gasteiger partial charge on any atom is -0.480 e. The van der Waals surface area contributed by atoms with E-state index in [9.17, 15) is 44.7 Å². The second-order valence-corrected chi connectivity index (χ2v) is 7.71. The molecule has 0 bridgehead atoms. The molecular weight excluding hydrogens is 448 g/mol. The van der Waals surface area contributed by atoms with E-state index >= 15 is 0 Å². The van der Waals surface area contributed by atoms with Gasteiger partial charge in [-0.1, -0.05) is 36.4 Å². The summed E-state index contributed by atoms with van der Waals surface area (Å²) in [5, 5.41) is 47.8. The Morgan fingerprint density at radius 2 is 1.00 bits per heavy atom. The van der Waals surface area contributed by atoms with E-state index in [1.807, 2.05) is 0 Å². The van der Waals surface area contributed by atoms with Crippen LogP contribution < -0.4 is 0 Å². The molecule has 5 N–H and O–H groups in total. The molecule has 2 rings (SSSR count). The number of aliphatic hydroxyl groups excluding tert-OH is 1. The van der Waals surface area contributed by atoms with Crippen LogP contribution in [0.2, 0.25) is 0 Å². The highest BCUT2D eigenvalue weighted by molar-refractivity contribution is 5.89. The average molecular weight is 474 g/mol. The molecule has 11 heteroatoms. The number of carboxylic acids is 4. The van der Waals surface area contributed by atoms with Crippen molar-refractivity contribution >= 4 is 23.9 Å². The van der Waals surface area contributed by atoms with Gasteiger partial charge in [0, 0.05) is 26.2 Å². The average Bonchev–Trinajstić information content (AvgIpc) is 2.73. The number of benzene rings is 2. The van der Waals surface area contributed by atoms with Crippen LogP contribution >= 0.6 is 0 Å². The molecule has 0 fully saturated rings. The lowest BCUT2D eigenvalue weighted by molar-refractivity contribution is -0.139. The van der Waals surface area contributed by atoms with Crippen molar-refractivity contribution in [2.45, 2.75) is 19.2 Å². The van der Waals surface area contributed by atoms with E-state index in [-0.39, 0.29) is 37.3 Å². The molecule has 0 atom stereocenters. The van der Waals surface area contributed by atoms with Crippen LogP contribution in [-0.4, -0.2) is 91.5 Å². The fraction of sp³-hybridized carbons (Fsp3) is 0.304. The summed E-state index contributed by atoms with van der Waals surface area (Å²) in [5.41, 5.74) is 0.734. The summed E-state index contributed by atoms with van der Waals surface area (Å²) < 4.78 is 0. The number of hydrogen-bond acceptors (Lipinski definition) is 7. The molecule has 0 radical (unpaired) electrons. The SMILES string of the molecule is O=C(O)CN(Cc1ccccc1C(=O)O)CC(O)CN(CC(=O)O)Cc1ccccc1C(=O)O. The molecule has 0 amide bonds. The Morgan fingerprint density at radius 3 is 1.32 bits per heavy atom. The van der Waals surface area contributed by atoms with Gasteiger partial charge in [-0.2, -0.15) is 0 Å². The number of nitrogens with zero attached hydrogens (tertiary/aromatic N) is 2. The molecule has 0 aliphatic carbocycles. The van der Waals surface area contributed by atoms with Crippen LogP contribution in [0.3, 0.4) is 0 Å². The Labute approximate surface area is 195 Å². The fourth-order valence-electron chi connectivity index (χ4n) is 3.62. The summed E-state index contributed by atoms with van der Waals surface area (Å²) in [5.74, 6) is -4.71. The van der Waals surface area contributed by atoms with Crippen molar-refractivity contribution in [1.29, 1.82) is 0 Å². The third kappa shape index (κ3) is 8.28. The van der Waals surface area contributed by atoms with Gasteiger partial charge in [-0.05, 0) is 23.3 Å². The minimum absolute atomic E-state index is 0.00478. The number of aliphatic hydroxyl groups is 1. The van der Waals surface area contributed by atoms with E-state index in [4.69, 9.17) is 0 Å². The minimum atomic E-state index is -1.20. The van der Waals surface area contributed by atoms with Crippen LogP contribution in [0.5, 0.6) is 0 Å². The highest BCUT2D eigenvalue weighted by Gasteiger charge is 2.22. The van der Waals surface area contributed by atoms with E-state index in [0.717, 1.165) is 0 Å². The van der Waals surface area contributed by atoms with Gasteiger partial charge in [-0.3, -0.25) is 19.4 Å². The highest BCUT2D eigenvalue weighted by atomic mass is 16.4. The smallest absolute Gasteiger partial charge is 0.336 e. The Hall–Kier alpha value is -3.80. The largest absolute Gasteiger partial charge is 0.480 e. The predicted octanol–water partition coefficient (Wildman–Crippen LogP) is 0.917. The van der Waals surface area contributed by atoms with Crippen LogP contribution in [-0.2, 0) is 22.7 Å². The van der Waals surface area contributed by atoms with Crippen molar-refractivity contribution in [3.05, 3.63) is 70.8 Å². The van der Waals surface area contributed by atoms with E-state index in [0.29, 0.717) is 11.1 Å². The molecule has 182 valence electrons. The van der Waals surface area contributed by atoms with Crippen molar-refractivity contribution in [2.24, 2.45) is 0 Å². The lowest BCUT2D eigenvalue weighted by atomic mass is 10.1. The lowest BCUT2D eigenvalue weighted by Gasteiger charge is -2.28. The fourth-order valence-corrected chi connectivity index (χ4v) is 3.62. The first-order valence-electron chi connectivity index (χ1n) is 10.3. The zero-order valence-electron chi connectivity index (χ0n) is 18.2. The van der Waals surface area contributed by atoms with Crippen molar-refractivity contribution < 1.29 is 44.7 Å². The van der Waals surface area contributed by atoms with Crippen LogP contribution in [0.1, 0.15) is 31.8 Å². The normalized spacial score (nSPS) is 11.2. The molecule has 0 unspecified atom stereocenters. The lowest BCUT2D eigenvalue weighted by Crippen LogP contribution is -2.43. The van der Waals surface area contributed by atoms with Crippen molar-refractivity contribution in [3.8, 4) is 0 Å². The monoisotopic (exact) mass is 474 g/mol. The first-order chi connectivity index (χ1) is 16.1. The third-order valence-corrected chi connectivity index (χ3v) is 4.94. The maximum Gasteiger partial charge on any atom is 0.336 e. The summed E-state index contributed by atoms with van der Waals surface area (Å²) >= 11 is 0. The second kappa shape index (κ2) is 12.4. The predicted molar refractivity (Wildman–Crippen MR) is 119 cm³/mol. The van der Waals surface area contributed by atoms with E-state index in [2.05, 4.69) is 0 Å². The first kappa shape index (κ1) is 26.5. The Kier molecular flexibility index (Phi) is 9.68. The maximum absolute atomic E-state index is 11.5. The molecule has 0 heterocycles. The van der Waals surface area contributed by atoms with Crippen molar-refractivity contribution in [2.75, 3.05) is 26.2 Å². The molecule has 0 saturated carbocycles. The second-order valence-electron chi connectivity index (χ2n) is 7.71. The van der Waals surface area contributed by atoms with Gasteiger partial charge in [0.2, 0.25) is 0 Å². The molecule has 0 spiro atoms. The molecule has 11 nitrogen and oxygen atoms in total. The highest BCUT2D eigenvalue weighted by Crippen LogP contribution is 2.15. The zero-order valence-corrected chi connectivity index (χ0v) is 18.2. The van der Waals surface area contributed by atoms with Gasteiger partial charge >= 0.3 is 23.9 Å².